The minimum Gasteiger partial charge on any atom is -0.481 e. The zero-order valence-corrected chi connectivity index (χ0v) is 10.8. The molecule has 0 bridgehead atoms. The van der Waals surface area contributed by atoms with Gasteiger partial charge in [0.1, 0.15) is 0 Å². The Morgan fingerprint density at radius 3 is 2.05 bits per heavy atom. The highest BCUT2D eigenvalue weighted by molar-refractivity contribution is 5.68. The van der Waals surface area contributed by atoms with E-state index in [1.807, 2.05) is 20.8 Å². The lowest BCUT2D eigenvalue weighted by molar-refractivity contribution is -0.145. The van der Waals surface area contributed by atoms with Gasteiger partial charge in [0, 0.05) is 18.3 Å². The number of carboxylic acid groups (broad SMARTS) is 1. The van der Waals surface area contributed by atoms with Gasteiger partial charge in [0.15, 0.2) is 0 Å². The molecule has 1 heterocycles. The molecule has 0 aliphatic heterocycles. The van der Waals surface area contributed by atoms with Crippen molar-refractivity contribution in [1.29, 1.82) is 0 Å². The zero-order chi connectivity index (χ0) is 14.8. The van der Waals surface area contributed by atoms with Crippen molar-refractivity contribution in [3.8, 4) is 0 Å². The Morgan fingerprint density at radius 1 is 1.26 bits per heavy atom. The first-order chi connectivity index (χ1) is 8.51. The number of hydrogen-bond acceptors (Lipinski definition) is 3. The molecular formula is C12H15F3N2O2. The maximum atomic E-state index is 12.3. The van der Waals surface area contributed by atoms with Crippen LogP contribution < -0.4 is 0 Å². The fraction of sp³-hybridized carbons (Fsp3) is 0.583. The van der Waals surface area contributed by atoms with Crippen LogP contribution in [0.4, 0.5) is 13.2 Å². The smallest absolute Gasteiger partial charge is 0.451 e. The second kappa shape index (κ2) is 5.14. The van der Waals surface area contributed by atoms with E-state index in [1.54, 1.807) is 0 Å². The van der Waals surface area contributed by atoms with Crippen LogP contribution in [0.1, 0.15) is 44.5 Å². The molecule has 0 saturated carbocycles. The first-order valence-corrected chi connectivity index (χ1v) is 5.62. The van der Waals surface area contributed by atoms with Crippen molar-refractivity contribution in [3.05, 3.63) is 23.8 Å². The van der Waals surface area contributed by atoms with Gasteiger partial charge in [-0.25, -0.2) is 9.97 Å². The lowest BCUT2D eigenvalue weighted by atomic mass is 9.75. The van der Waals surface area contributed by atoms with Crippen LogP contribution in [0.25, 0.3) is 0 Å². The molecular weight excluding hydrogens is 261 g/mol. The van der Waals surface area contributed by atoms with E-state index in [0.29, 0.717) is 5.56 Å². The molecule has 4 nitrogen and oxygen atoms in total. The van der Waals surface area contributed by atoms with E-state index >= 15 is 0 Å². The normalized spacial score (nSPS) is 14.2. The average Bonchev–Trinajstić information content (AvgIpc) is 2.23. The standard InChI is InChI=1S/C12H15F3N2O2/c1-11(2,3)8(4-9(18)19)7-5-16-10(17-6-7)12(13,14)15/h5-6,8H,4H2,1-3H3,(H,18,19). The molecule has 7 heteroatoms. The highest BCUT2D eigenvalue weighted by Gasteiger charge is 2.35. The second-order valence-corrected chi connectivity index (χ2v) is 5.35. The van der Waals surface area contributed by atoms with Crippen LogP contribution >= 0.6 is 0 Å². The van der Waals surface area contributed by atoms with E-state index in [4.69, 9.17) is 5.11 Å². The highest BCUT2D eigenvalue weighted by Crippen LogP contribution is 2.37. The minimum absolute atomic E-state index is 0.182. The summed E-state index contributed by atoms with van der Waals surface area (Å²) in [6.07, 6.45) is -2.68. The average molecular weight is 276 g/mol. The number of aromatic nitrogens is 2. The number of halogens is 3. The lowest BCUT2D eigenvalue weighted by Gasteiger charge is -2.29. The third kappa shape index (κ3) is 4.18. The molecule has 0 saturated heterocycles. The number of carbonyl (C=O) groups is 1. The molecule has 1 aromatic heterocycles. The van der Waals surface area contributed by atoms with E-state index in [2.05, 4.69) is 9.97 Å². The summed E-state index contributed by atoms with van der Waals surface area (Å²) in [5, 5.41) is 8.87. The molecule has 0 aliphatic rings. The molecule has 19 heavy (non-hydrogen) atoms. The Balaban J connectivity index is 3.08. The first-order valence-electron chi connectivity index (χ1n) is 5.62. The number of alkyl halides is 3. The Labute approximate surface area is 108 Å². The fourth-order valence-corrected chi connectivity index (χ4v) is 1.76. The topological polar surface area (TPSA) is 63.1 Å². The maximum Gasteiger partial charge on any atom is 0.451 e. The summed E-state index contributed by atoms with van der Waals surface area (Å²) < 4.78 is 37.0. The van der Waals surface area contributed by atoms with Gasteiger partial charge in [0.25, 0.3) is 0 Å². The zero-order valence-electron chi connectivity index (χ0n) is 10.8. The van der Waals surface area contributed by atoms with Crippen LogP contribution in [0.15, 0.2) is 12.4 Å². The van der Waals surface area contributed by atoms with Crippen LogP contribution in [0, 0.1) is 5.41 Å². The Bertz CT molecular complexity index is 450. The summed E-state index contributed by atoms with van der Waals surface area (Å²) in [5.74, 6) is -2.69. The van der Waals surface area contributed by atoms with Crippen molar-refractivity contribution in [3.63, 3.8) is 0 Å². The minimum atomic E-state index is -4.59. The van der Waals surface area contributed by atoms with Gasteiger partial charge in [-0.3, -0.25) is 4.79 Å². The van der Waals surface area contributed by atoms with Gasteiger partial charge in [0.05, 0.1) is 6.42 Å². The van der Waals surface area contributed by atoms with Gasteiger partial charge in [-0.05, 0) is 11.0 Å². The molecule has 0 radical (unpaired) electrons. The molecule has 0 aliphatic carbocycles. The quantitative estimate of drug-likeness (QED) is 0.921. The number of rotatable bonds is 3. The summed E-state index contributed by atoms with van der Waals surface area (Å²) in [6, 6.07) is 0. The van der Waals surface area contributed by atoms with Crippen LogP contribution in [0.5, 0.6) is 0 Å². The molecule has 0 amide bonds. The van der Waals surface area contributed by atoms with Gasteiger partial charge >= 0.3 is 12.1 Å². The third-order valence-corrected chi connectivity index (χ3v) is 2.75. The van der Waals surface area contributed by atoms with E-state index in [-0.39, 0.29) is 6.42 Å². The molecule has 106 valence electrons. The molecule has 1 atom stereocenters. The Hall–Kier alpha value is -1.66. The van der Waals surface area contributed by atoms with Gasteiger partial charge < -0.3 is 5.11 Å². The Kier molecular flexibility index (Phi) is 4.17. The van der Waals surface area contributed by atoms with Crippen molar-refractivity contribution in [1.82, 2.24) is 9.97 Å². The van der Waals surface area contributed by atoms with Crippen LogP contribution in [-0.2, 0) is 11.0 Å². The third-order valence-electron chi connectivity index (χ3n) is 2.75. The van der Waals surface area contributed by atoms with Crippen molar-refractivity contribution in [2.75, 3.05) is 0 Å². The summed E-state index contributed by atoms with van der Waals surface area (Å²) in [4.78, 5) is 17.4. The summed E-state index contributed by atoms with van der Waals surface area (Å²) in [6.45, 7) is 5.45. The molecule has 1 unspecified atom stereocenters. The summed E-state index contributed by atoms with van der Waals surface area (Å²) in [5.41, 5.74) is -0.0236. The van der Waals surface area contributed by atoms with Gasteiger partial charge in [0.2, 0.25) is 5.82 Å². The first kappa shape index (κ1) is 15.4. The molecule has 0 aromatic carbocycles. The monoisotopic (exact) mass is 276 g/mol. The van der Waals surface area contributed by atoms with Crippen molar-refractivity contribution in [2.24, 2.45) is 5.41 Å². The van der Waals surface area contributed by atoms with E-state index in [9.17, 15) is 18.0 Å². The Morgan fingerprint density at radius 2 is 1.74 bits per heavy atom. The summed E-state index contributed by atoms with van der Waals surface area (Å²) in [7, 11) is 0. The molecule has 1 N–H and O–H groups in total. The van der Waals surface area contributed by atoms with Gasteiger partial charge in [-0.15, -0.1) is 0 Å². The second-order valence-electron chi connectivity index (χ2n) is 5.35. The predicted octanol–water partition coefficient (Wildman–Crippen LogP) is 3.10. The lowest BCUT2D eigenvalue weighted by Crippen LogP contribution is -2.22. The fourth-order valence-electron chi connectivity index (χ4n) is 1.76. The van der Waals surface area contributed by atoms with E-state index < -0.39 is 29.3 Å². The van der Waals surface area contributed by atoms with Crippen LogP contribution in [0.3, 0.4) is 0 Å². The number of nitrogens with zero attached hydrogens (tertiary/aromatic N) is 2. The van der Waals surface area contributed by atoms with Crippen molar-refractivity contribution >= 4 is 5.97 Å². The molecule has 1 aromatic rings. The largest absolute Gasteiger partial charge is 0.481 e. The predicted molar refractivity (Wildman–Crippen MR) is 61.5 cm³/mol. The van der Waals surface area contributed by atoms with Gasteiger partial charge in [-0.1, -0.05) is 20.8 Å². The van der Waals surface area contributed by atoms with E-state index in [0.717, 1.165) is 12.4 Å². The van der Waals surface area contributed by atoms with Crippen LogP contribution in [0.2, 0.25) is 0 Å². The van der Waals surface area contributed by atoms with Crippen molar-refractivity contribution in [2.45, 2.75) is 39.3 Å². The van der Waals surface area contributed by atoms with Crippen LogP contribution in [-0.4, -0.2) is 21.0 Å². The molecule has 0 fully saturated rings. The number of aliphatic carboxylic acids is 1. The number of carboxylic acids is 1. The molecule has 1 rings (SSSR count). The number of hydrogen-bond donors (Lipinski definition) is 1. The maximum absolute atomic E-state index is 12.3. The van der Waals surface area contributed by atoms with E-state index in [1.165, 1.54) is 0 Å². The van der Waals surface area contributed by atoms with Crippen molar-refractivity contribution < 1.29 is 23.1 Å². The summed E-state index contributed by atoms with van der Waals surface area (Å²) >= 11 is 0. The van der Waals surface area contributed by atoms with Gasteiger partial charge in [-0.2, -0.15) is 13.2 Å². The molecule has 0 spiro atoms. The SMILES string of the molecule is CC(C)(C)C(CC(=O)O)c1cnc(C(F)(F)F)nc1. The highest BCUT2D eigenvalue weighted by atomic mass is 19.4.